The average molecular weight is 1010 g/mol. The maximum absolute atomic E-state index is 13.2. The summed E-state index contributed by atoms with van der Waals surface area (Å²) in [7, 11) is 0. The van der Waals surface area contributed by atoms with Crippen molar-refractivity contribution in [2.75, 3.05) is 19.8 Å². The zero-order chi connectivity index (χ0) is 51.7. The van der Waals surface area contributed by atoms with Crippen molar-refractivity contribution in [3.8, 4) is 0 Å². The van der Waals surface area contributed by atoms with Crippen LogP contribution in [0, 0.1) is 0 Å². The van der Waals surface area contributed by atoms with Crippen LogP contribution in [0.15, 0.2) is 36.5 Å². The first-order chi connectivity index (χ1) is 34.6. The van der Waals surface area contributed by atoms with Gasteiger partial charge in [0.2, 0.25) is 5.91 Å². The van der Waals surface area contributed by atoms with Crippen molar-refractivity contribution in [1.29, 1.82) is 0 Å². The molecule has 416 valence electrons. The number of ether oxygens (including phenoxy) is 4. The normalized spacial score (nSPS) is 26.0. The summed E-state index contributed by atoms with van der Waals surface area (Å²) >= 11 is 0. The molecule has 0 aromatic carbocycles. The Bertz CT molecular complexity index is 1330. The summed E-state index contributed by atoms with van der Waals surface area (Å²) in [6.45, 7) is 2.78. The number of hydrogen-bond donors (Lipinski definition) is 9. The van der Waals surface area contributed by atoms with Gasteiger partial charge in [-0.2, -0.15) is 0 Å². The monoisotopic (exact) mass is 1010 g/mol. The number of unbranched alkanes of at least 4 members (excludes halogenated alkanes) is 28. The molecular formula is C57H105NO13. The van der Waals surface area contributed by atoms with E-state index in [9.17, 15) is 45.6 Å². The van der Waals surface area contributed by atoms with Crippen molar-refractivity contribution in [3.05, 3.63) is 36.5 Å². The van der Waals surface area contributed by atoms with Crippen molar-refractivity contribution in [3.63, 3.8) is 0 Å². The predicted molar refractivity (Wildman–Crippen MR) is 281 cm³/mol. The van der Waals surface area contributed by atoms with Crippen molar-refractivity contribution in [2.45, 2.75) is 299 Å². The maximum Gasteiger partial charge on any atom is 0.220 e. The van der Waals surface area contributed by atoms with Crippen LogP contribution in [-0.4, -0.2) is 140 Å². The minimum Gasteiger partial charge on any atom is -0.394 e. The Morgan fingerprint density at radius 2 is 0.930 bits per heavy atom. The van der Waals surface area contributed by atoms with Gasteiger partial charge in [0.25, 0.3) is 0 Å². The Balaban J connectivity index is 1.80. The second-order valence-corrected chi connectivity index (χ2v) is 20.4. The van der Waals surface area contributed by atoms with Gasteiger partial charge in [-0.05, 0) is 51.4 Å². The van der Waals surface area contributed by atoms with Gasteiger partial charge in [-0.15, -0.1) is 0 Å². The average Bonchev–Trinajstić information content (AvgIpc) is 3.37. The molecule has 1 amide bonds. The third-order valence-electron chi connectivity index (χ3n) is 14.1. The van der Waals surface area contributed by atoms with E-state index in [1.165, 1.54) is 148 Å². The van der Waals surface area contributed by atoms with E-state index in [2.05, 4.69) is 43.5 Å². The number of nitrogens with one attached hydrogen (secondary N) is 1. The van der Waals surface area contributed by atoms with Crippen LogP contribution < -0.4 is 5.32 Å². The van der Waals surface area contributed by atoms with Crippen LogP contribution in [0.1, 0.15) is 226 Å². The number of carbonyl (C=O) groups excluding carboxylic acids is 1. The van der Waals surface area contributed by atoms with Gasteiger partial charge < -0.3 is 65.1 Å². The van der Waals surface area contributed by atoms with E-state index in [-0.39, 0.29) is 18.9 Å². The van der Waals surface area contributed by atoms with E-state index in [4.69, 9.17) is 18.9 Å². The van der Waals surface area contributed by atoms with Gasteiger partial charge in [0.15, 0.2) is 12.6 Å². The lowest BCUT2D eigenvalue weighted by Gasteiger charge is -2.46. The minimum atomic E-state index is -1.79. The molecule has 0 spiro atoms. The summed E-state index contributed by atoms with van der Waals surface area (Å²) in [4.78, 5) is 13.2. The zero-order valence-electron chi connectivity index (χ0n) is 44.5. The largest absolute Gasteiger partial charge is 0.394 e. The number of aliphatic hydroxyl groups excluding tert-OH is 8. The van der Waals surface area contributed by atoms with E-state index in [0.29, 0.717) is 6.42 Å². The molecule has 2 aliphatic heterocycles. The fraction of sp³-hybridized carbons (Fsp3) is 0.877. The molecule has 14 nitrogen and oxygen atoms in total. The summed E-state index contributed by atoms with van der Waals surface area (Å²) in [5.74, 6) is -0.243. The molecule has 0 aromatic rings. The number of rotatable bonds is 45. The lowest BCUT2D eigenvalue weighted by molar-refractivity contribution is -0.359. The number of amides is 1. The molecule has 0 saturated carbocycles. The third-order valence-corrected chi connectivity index (χ3v) is 14.1. The van der Waals surface area contributed by atoms with Gasteiger partial charge in [0, 0.05) is 6.42 Å². The second-order valence-electron chi connectivity index (χ2n) is 20.4. The SMILES string of the molecule is CCCCC/C=C\C/C=C\CCCCCCCCCCCC(=O)NC(COC1OC(CO)C(OC2OC(CO)C(O)C(O)C2O)C(O)C1O)C(O)/C=C/CCCCCCCCCCCCCCCCCC. The molecule has 0 bridgehead atoms. The first kappa shape index (κ1) is 65.3. The molecular weight excluding hydrogens is 907 g/mol. The first-order valence-corrected chi connectivity index (χ1v) is 28.7. The molecule has 9 N–H and O–H groups in total. The molecule has 12 atom stereocenters. The molecule has 2 rings (SSSR count). The molecule has 71 heavy (non-hydrogen) atoms. The van der Waals surface area contributed by atoms with Gasteiger partial charge >= 0.3 is 0 Å². The lowest BCUT2D eigenvalue weighted by atomic mass is 9.97. The van der Waals surface area contributed by atoms with E-state index in [0.717, 1.165) is 51.4 Å². The highest BCUT2D eigenvalue weighted by Crippen LogP contribution is 2.30. The minimum absolute atomic E-state index is 0.243. The lowest BCUT2D eigenvalue weighted by Crippen LogP contribution is -2.65. The molecule has 0 aromatic heterocycles. The first-order valence-electron chi connectivity index (χ1n) is 28.7. The Labute approximate surface area is 430 Å². The highest BCUT2D eigenvalue weighted by Gasteiger charge is 2.51. The van der Waals surface area contributed by atoms with Crippen LogP contribution in [-0.2, 0) is 23.7 Å². The van der Waals surface area contributed by atoms with Crippen LogP contribution in [0.5, 0.6) is 0 Å². The van der Waals surface area contributed by atoms with Crippen molar-refractivity contribution >= 4 is 5.91 Å². The van der Waals surface area contributed by atoms with Gasteiger partial charge in [-0.1, -0.05) is 204 Å². The summed E-state index contributed by atoms with van der Waals surface area (Å²) in [5.41, 5.74) is 0. The smallest absolute Gasteiger partial charge is 0.220 e. The highest BCUT2D eigenvalue weighted by molar-refractivity contribution is 5.76. The van der Waals surface area contributed by atoms with Gasteiger partial charge in [0.1, 0.15) is 48.8 Å². The highest BCUT2D eigenvalue weighted by atomic mass is 16.7. The van der Waals surface area contributed by atoms with Crippen LogP contribution in [0.4, 0.5) is 0 Å². The fourth-order valence-corrected chi connectivity index (χ4v) is 9.38. The Morgan fingerprint density at radius 1 is 0.507 bits per heavy atom. The standard InChI is InChI=1S/C57H105NO13/c1-3-5-7-9-11-13-15-17-19-21-23-25-27-29-31-33-35-37-39-41-49(62)58-45(46(61)40-38-36-34-32-30-28-26-24-22-20-18-16-14-12-10-8-6-4-2)44-68-56-54(67)52(65)55(48(43-60)70-56)71-57-53(66)51(64)50(63)47(42-59)69-57/h11,13,17,19,38,40,45-48,50-57,59-61,63-67H,3-10,12,14-16,18,20-37,39,41-44H2,1-2H3,(H,58,62)/b13-11-,19-17-,40-38+. The summed E-state index contributed by atoms with van der Waals surface area (Å²) in [6.07, 6.45) is 34.5. The van der Waals surface area contributed by atoms with E-state index >= 15 is 0 Å². The van der Waals surface area contributed by atoms with Crippen LogP contribution in [0.2, 0.25) is 0 Å². The van der Waals surface area contributed by atoms with Crippen LogP contribution in [0.25, 0.3) is 0 Å². The van der Waals surface area contributed by atoms with Gasteiger partial charge in [-0.3, -0.25) is 4.79 Å². The Kier molecular flexibility index (Phi) is 40.0. The number of carbonyl (C=O) groups is 1. The molecule has 0 aliphatic carbocycles. The second kappa shape index (κ2) is 43.4. The maximum atomic E-state index is 13.2. The Morgan fingerprint density at radius 3 is 1.44 bits per heavy atom. The van der Waals surface area contributed by atoms with Gasteiger partial charge in [-0.25, -0.2) is 0 Å². The van der Waals surface area contributed by atoms with Crippen molar-refractivity contribution < 1.29 is 64.6 Å². The molecule has 2 fully saturated rings. The summed E-state index contributed by atoms with van der Waals surface area (Å²) < 4.78 is 22.8. The summed E-state index contributed by atoms with van der Waals surface area (Å²) in [5, 5.41) is 87.0. The molecule has 14 heteroatoms. The quantitative estimate of drug-likeness (QED) is 0.0205. The topological polar surface area (TPSA) is 228 Å². The molecule has 12 unspecified atom stereocenters. The van der Waals surface area contributed by atoms with Crippen molar-refractivity contribution in [1.82, 2.24) is 5.32 Å². The van der Waals surface area contributed by atoms with E-state index in [1.54, 1.807) is 6.08 Å². The van der Waals surface area contributed by atoms with Gasteiger partial charge in [0.05, 0.1) is 32.0 Å². The van der Waals surface area contributed by atoms with Crippen LogP contribution in [0.3, 0.4) is 0 Å². The number of aliphatic hydroxyl groups is 8. The van der Waals surface area contributed by atoms with Crippen molar-refractivity contribution in [2.24, 2.45) is 0 Å². The van der Waals surface area contributed by atoms with E-state index < -0.39 is 86.8 Å². The number of hydrogen-bond acceptors (Lipinski definition) is 13. The molecule has 2 aliphatic rings. The number of allylic oxidation sites excluding steroid dienone is 5. The predicted octanol–water partition coefficient (Wildman–Crippen LogP) is 9.05. The van der Waals surface area contributed by atoms with E-state index in [1.807, 2.05) is 6.08 Å². The fourth-order valence-electron chi connectivity index (χ4n) is 9.38. The zero-order valence-corrected chi connectivity index (χ0v) is 44.5. The molecule has 2 heterocycles. The van der Waals surface area contributed by atoms with Crippen LogP contribution >= 0.6 is 0 Å². The Hall–Kier alpha value is -1.79. The molecule has 2 saturated heterocycles. The third kappa shape index (κ3) is 29.8. The summed E-state index contributed by atoms with van der Waals surface area (Å²) in [6, 6.07) is -0.916. The molecule has 0 radical (unpaired) electrons.